The zero-order valence-electron chi connectivity index (χ0n) is 8.70. The van der Waals surface area contributed by atoms with E-state index >= 15 is 0 Å². The summed E-state index contributed by atoms with van der Waals surface area (Å²) in [5.41, 5.74) is 0. The lowest BCUT2D eigenvalue weighted by molar-refractivity contribution is 0.294. The molecule has 0 aromatic heterocycles. The van der Waals surface area contributed by atoms with Crippen LogP contribution < -0.4 is 5.32 Å². The summed E-state index contributed by atoms with van der Waals surface area (Å²) in [6.45, 7) is 0. The number of rotatable bonds is 2. The van der Waals surface area contributed by atoms with Crippen LogP contribution >= 0.6 is 0 Å². The predicted molar refractivity (Wildman–Crippen MR) is 57.0 cm³/mol. The molecule has 82 valence electrons. The lowest BCUT2D eigenvalue weighted by Crippen LogP contribution is -2.61. The van der Waals surface area contributed by atoms with Crippen LogP contribution in [-0.2, 0) is 9.84 Å². The van der Waals surface area contributed by atoms with Gasteiger partial charge in [0, 0.05) is 6.04 Å². The standard InChI is InChI=1S/C10H19NO2S/c1-11-9-7-14(12,13)10(9)8-5-3-2-4-6-8/h8-11H,2-7H2,1H3. The SMILES string of the molecule is CNC1CS(=O)(=O)C1C1CCCCC1. The first-order valence-electron chi connectivity index (χ1n) is 5.54. The topological polar surface area (TPSA) is 46.2 Å². The Labute approximate surface area is 86.2 Å². The highest BCUT2D eigenvalue weighted by atomic mass is 32.2. The van der Waals surface area contributed by atoms with Crippen LogP contribution in [0.1, 0.15) is 32.1 Å². The summed E-state index contributed by atoms with van der Waals surface area (Å²) < 4.78 is 23.3. The second kappa shape index (κ2) is 3.81. The third-order valence-corrected chi connectivity index (χ3v) is 6.07. The van der Waals surface area contributed by atoms with Gasteiger partial charge >= 0.3 is 0 Å². The van der Waals surface area contributed by atoms with E-state index in [1.807, 2.05) is 7.05 Å². The van der Waals surface area contributed by atoms with Gasteiger partial charge in [0.2, 0.25) is 0 Å². The summed E-state index contributed by atoms with van der Waals surface area (Å²) in [5, 5.41) is 3.05. The van der Waals surface area contributed by atoms with Crippen LogP contribution in [0.2, 0.25) is 0 Å². The van der Waals surface area contributed by atoms with E-state index in [1.54, 1.807) is 0 Å². The molecule has 1 aliphatic heterocycles. The Bertz CT molecular complexity index is 293. The van der Waals surface area contributed by atoms with Gasteiger partial charge in [0.05, 0.1) is 11.0 Å². The van der Waals surface area contributed by atoms with Crippen molar-refractivity contribution in [3.8, 4) is 0 Å². The molecular formula is C10H19NO2S. The molecule has 1 aliphatic carbocycles. The molecule has 2 atom stereocenters. The highest BCUT2D eigenvalue weighted by molar-refractivity contribution is 7.93. The molecule has 2 aliphatic rings. The van der Waals surface area contributed by atoms with Crippen LogP contribution in [0.25, 0.3) is 0 Å². The van der Waals surface area contributed by atoms with Crippen molar-refractivity contribution >= 4 is 9.84 Å². The second-order valence-corrected chi connectivity index (χ2v) is 6.79. The Morgan fingerprint density at radius 2 is 1.79 bits per heavy atom. The average molecular weight is 217 g/mol. The molecule has 0 radical (unpaired) electrons. The fourth-order valence-electron chi connectivity index (χ4n) is 2.92. The Kier molecular flexibility index (Phi) is 2.84. The Morgan fingerprint density at radius 3 is 2.29 bits per heavy atom. The minimum absolute atomic E-state index is 0.0761. The van der Waals surface area contributed by atoms with Gasteiger partial charge in [-0.1, -0.05) is 19.3 Å². The lowest BCUT2D eigenvalue weighted by Gasteiger charge is -2.42. The highest BCUT2D eigenvalue weighted by Crippen LogP contribution is 2.36. The van der Waals surface area contributed by atoms with E-state index in [0.29, 0.717) is 11.7 Å². The minimum Gasteiger partial charge on any atom is -0.315 e. The predicted octanol–water partition coefficient (Wildman–Crippen LogP) is 0.952. The molecular weight excluding hydrogens is 198 g/mol. The molecule has 2 unspecified atom stereocenters. The molecule has 0 amide bonds. The number of sulfone groups is 1. The van der Waals surface area contributed by atoms with Gasteiger partial charge < -0.3 is 5.32 Å². The average Bonchev–Trinajstić information content (AvgIpc) is 2.16. The van der Waals surface area contributed by atoms with Gasteiger partial charge in [0.25, 0.3) is 0 Å². The molecule has 2 fully saturated rings. The third kappa shape index (κ3) is 1.70. The monoisotopic (exact) mass is 217 g/mol. The Balaban J connectivity index is 2.06. The van der Waals surface area contributed by atoms with Crippen LogP contribution in [0.3, 0.4) is 0 Å². The fourth-order valence-corrected chi connectivity index (χ4v) is 5.25. The maximum Gasteiger partial charge on any atom is 0.156 e. The van der Waals surface area contributed by atoms with E-state index in [1.165, 1.54) is 19.3 Å². The lowest BCUT2D eigenvalue weighted by atomic mass is 9.84. The van der Waals surface area contributed by atoms with E-state index in [-0.39, 0.29) is 11.3 Å². The van der Waals surface area contributed by atoms with Gasteiger partial charge in [-0.05, 0) is 25.8 Å². The third-order valence-electron chi connectivity index (χ3n) is 3.71. The molecule has 0 spiro atoms. The molecule has 1 saturated heterocycles. The maximum atomic E-state index is 11.6. The molecule has 4 heteroatoms. The Morgan fingerprint density at radius 1 is 1.14 bits per heavy atom. The fraction of sp³-hybridized carbons (Fsp3) is 1.00. The van der Waals surface area contributed by atoms with Gasteiger partial charge in [-0.25, -0.2) is 8.42 Å². The molecule has 14 heavy (non-hydrogen) atoms. The smallest absolute Gasteiger partial charge is 0.156 e. The van der Waals surface area contributed by atoms with Crippen molar-refractivity contribution in [2.24, 2.45) is 5.92 Å². The molecule has 1 saturated carbocycles. The first-order valence-corrected chi connectivity index (χ1v) is 7.25. The van der Waals surface area contributed by atoms with Gasteiger partial charge in [0.1, 0.15) is 0 Å². The van der Waals surface area contributed by atoms with Crippen molar-refractivity contribution in [2.45, 2.75) is 43.4 Å². The van der Waals surface area contributed by atoms with Crippen LogP contribution in [-0.4, -0.2) is 32.5 Å². The molecule has 1 heterocycles. The van der Waals surface area contributed by atoms with Gasteiger partial charge in [0.15, 0.2) is 9.84 Å². The summed E-state index contributed by atoms with van der Waals surface area (Å²) in [4.78, 5) is 0. The minimum atomic E-state index is -2.75. The van der Waals surface area contributed by atoms with Gasteiger partial charge in [-0.3, -0.25) is 0 Å². The van der Waals surface area contributed by atoms with Gasteiger partial charge in [-0.15, -0.1) is 0 Å². The quantitative estimate of drug-likeness (QED) is 0.749. The van der Waals surface area contributed by atoms with Crippen molar-refractivity contribution < 1.29 is 8.42 Å². The van der Waals surface area contributed by atoms with Crippen molar-refractivity contribution in [1.82, 2.24) is 5.32 Å². The van der Waals surface area contributed by atoms with Crippen molar-refractivity contribution in [3.05, 3.63) is 0 Å². The van der Waals surface area contributed by atoms with Gasteiger partial charge in [-0.2, -0.15) is 0 Å². The maximum absolute atomic E-state index is 11.6. The molecule has 0 aromatic carbocycles. The molecule has 0 aromatic rings. The molecule has 1 N–H and O–H groups in total. The van der Waals surface area contributed by atoms with E-state index in [9.17, 15) is 8.42 Å². The molecule has 0 bridgehead atoms. The van der Waals surface area contributed by atoms with E-state index in [0.717, 1.165) is 12.8 Å². The van der Waals surface area contributed by atoms with Crippen LogP contribution in [0.4, 0.5) is 0 Å². The van der Waals surface area contributed by atoms with Crippen LogP contribution in [0, 0.1) is 5.92 Å². The van der Waals surface area contributed by atoms with E-state index in [4.69, 9.17) is 0 Å². The van der Waals surface area contributed by atoms with Crippen LogP contribution in [0.15, 0.2) is 0 Å². The number of hydrogen-bond acceptors (Lipinski definition) is 3. The summed E-state index contributed by atoms with van der Waals surface area (Å²) in [7, 11) is -0.875. The molecule has 3 nitrogen and oxygen atoms in total. The first-order chi connectivity index (χ1) is 6.65. The highest BCUT2D eigenvalue weighted by Gasteiger charge is 2.49. The van der Waals surface area contributed by atoms with Crippen molar-refractivity contribution in [3.63, 3.8) is 0 Å². The summed E-state index contributed by atoms with van der Waals surface area (Å²) in [6, 6.07) is 0.225. The zero-order chi connectivity index (χ0) is 10.2. The van der Waals surface area contributed by atoms with Crippen molar-refractivity contribution in [2.75, 3.05) is 12.8 Å². The molecule has 2 rings (SSSR count). The Hall–Kier alpha value is -0.0900. The summed E-state index contributed by atoms with van der Waals surface area (Å²) in [6.07, 6.45) is 5.94. The number of hydrogen-bond donors (Lipinski definition) is 1. The normalized spacial score (nSPS) is 37.8. The first kappa shape index (κ1) is 10.4. The summed E-state index contributed by atoms with van der Waals surface area (Å²) >= 11 is 0. The van der Waals surface area contributed by atoms with E-state index in [2.05, 4.69) is 5.32 Å². The summed E-state index contributed by atoms with van der Waals surface area (Å²) in [5.74, 6) is 0.782. The second-order valence-electron chi connectivity index (χ2n) is 4.59. The number of nitrogens with one attached hydrogen (secondary N) is 1. The van der Waals surface area contributed by atoms with Crippen LogP contribution in [0.5, 0.6) is 0 Å². The van der Waals surface area contributed by atoms with E-state index < -0.39 is 9.84 Å². The largest absolute Gasteiger partial charge is 0.315 e. The van der Waals surface area contributed by atoms with Crippen molar-refractivity contribution in [1.29, 1.82) is 0 Å². The zero-order valence-corrected chi connectivity index (χ0v) is 9.52.